The first-order valence-corrected chi connectivity index (χ1v) is 9.61. The van der Waals surface area contributed by atoms with E-state index in [1.165, 1.54) is 44.3 Å². The predicted octanol–water partition coefficient (Wildman–Crippen LogP) is 1.45. The number of piperazine rings is 1. The van der Waals surface area contributed by atoms with Crippen molar-refractivity contribution < 1.29 is 4.90 Å². The highest BCUT2D eigenvalue weighted by molar-refractivity contribution is 7.80. The molecule has 1 aromatic rings. The summed E-state index contributed by atoms with van der Waals surface area (Å²) in [4.78, 5) is 4.07. The fourth-order valence-electron chi connectivity index (χ4n) is 4.76. The topological polar surface area (TPSA) is 19.7 Å². The number of quaternary nitrogens is 1. The molecule has 0 amide bonds. The van der Waals surface area contributed by atoms with Crippen LogP contribution in [0.25, 0.3) is 0 Å². The van der Waals surface area contributed by atoms with Gasteiger partial charge in [-0.15, -0.1) is 0 Å². The largest absolute Gasteiger partial charge is 0.360 e. The van der Waals surface area contributed by atoms with Gasteiger partial charge in [0.05, 0.1) is 26.2 Å². The van der Waals surface area contributed by atoms with E-state index in [1.807, 2.05) is 0 Å². The molecule has 0 radical (unpaired) electrons. The van der Waals surface area contributed by atoms with Gasteiger partial charge in [-0.3, -0.25) is 0 Å². The molecule has 4 heteroatoms. The maximum atomic E-state index is 5.70. The summed E-state index contributed by atoms with van der Waals surface area (Å²) in [6, 6.07) is 11.5. The first-order valence-electron chi connectivity index (χ1n) is 9.21. The summed E-state index contributed by atoms with van der Waals surface area (Å²) >= 11 is 5.70. The number of rotatable bonds is 3. The highest BCUT2D eigenvalue weighted by Gasteiger charge is 2.40. The Hall–Kier alpha value is -1.13. The Morgan fingerprint density at radius 2 is 1.91 bits per heavy atom. The van der Waals surface area contributed by atoms with Crippen LogP contribution in [0.15, 0.2) is 30.3 Å². The smallest absolute Gasteiger partial charge is 0.169 e. The van der Waals surface area contributed by atoms with Crippen molar-refractivity contribution in [3.63, 3.8) is 0 Å². The molecule has 3 aliphatic rings. The SMILES string of the molecule is S=C(N[C@H]1C[C@@H]2CC[C@@H]1C2)N1CC[NH+](Cc2ccccc2)CC1. The molecular formula is C19H28N3S+. The van der Waals surface area contributed by atoms with Crippen LogP contribution in [0.4, 0.5) is 0 Å². The maximum absolute atomic E-state index is 5.70. The average molecular weight is 331 g/mol. The average Bonchev–Trinajstić information content (AvgIpc) is 3.19. The normalized spacial score (nSPS) is 30.6. The zero-order valence-corrected chi connectivity index (χ0v) is 14.7. The van der Waals surface area contributed by atoms with Crippen molar-refractivity contribution >= 4 is 17.3 Å². The third kappa shape index (κ3) is 3.53. The third-order valence-electron chi connectivity index (χ3n) is 6.10. The maximum Gasteiger partial charge on any atom is 0.169 e. The van der Waals surface area contributed by atoms with Gasteiger partial charge in [0.1, 0.15) is 6.54 Å². The van der Waals surface area contributed by atoms with Gasteiger partial charge in [-0.2, -0.15) is 0 Å². The second-order valence-corrected chi connectivity index (χ2v) is 8.02. The van der Waals surface area contributed by atoms with E-state index >= 15 is 0 Å². The molecule has 0 aromatic heterocycles. The summed E-state index contributed by atoms with van der Waals surface area (Å²) in [5.41, 5.74) is 1.44. The molecule has 0 spiro atoms. The lowest BCUT2D eigenvalue weighted by molar-refractivity contribution is -0.917. The van der Waals surface area contributed by atoms with E-state index in [1.54, 1.807) is 4.90 Å². The second-order valence-electron chi connectivity index (χ2n) is 7.63. The highest BCUT2D eigenvalue weighted by Crippen LogP contribution is 2.44. The van der Waals surface area contributed by atoms with Crippen molar-refractivity contribution in [2.45, 2.75) is 38.3 Å². The number of hydrogen-bond donors (Lipinski definition) is 2. The molecule has 1 aromatic carbocycles. The minimum absolute atomic E-state index is 0.663. The number of thiocarbonyl (C=S) groups is 1. The molecule has 2 bridgehead atoms. The molecule has 1 saturated heterocycles. The lowest BCUT2D eigenvalue weighted by Gasteiger charge is -2.36. The van der Waals surface area contributed by atoms with Crippen LogP contribution in [0, 0.1) is 11.8 Å². The van der Waals surface area contributed by atoms with Crippen molar-refractivity contribution in [3.05, 3.63) is 35.9 Å². The fraction of sp³-hybridized carbons (Fsp3) is 0.632. The van der Waals surface area contributed by atoms with Gasteiger partial charge in [0.15, 0.2) is 5.11 Å². The molecule has 124 valence electrons. The molecule has 3 fully saturated rings. The van der Waals surface area contributed by atoms with Crippen molar-refractivity contribution in [2.24, 2.45) is 11.8 Å². The van der Waals surface area contributed by atoms with Gasteiger partial charge < -0.3 is 15.1 Å². The van der Waals surface area contributed by atoms with Crippen molar-refractivity contribution in [3.8, 4) is 0 Å². The van der Waals surface area contributed by atoms with Gasteiger partial charge >= 0.3 is 0 Å². The monoisotopic (exact) mass is 330 g/mol. The Balaban J connectivity index is 1.24. The Bertz CT molecular complexity index is 539. The summed E-state index contributed by atoms with van der Waals surface area (Å²) in [5.74, 6) is 1.87. The van der Waals surface area contributed by atoms with Gasteiger partial charge in [-0.1, -0.05) is 36.8 Å². The zero-order chi connectivity index (χ0) is 15.6. The lowest BCUT2D eigenvalue weighted by Crippen LogP contribution is -3.13. The van der Waals surface area contributed by atoms with E-state index in [0.29, 0.717) is 6.04 Å². The fourth-order valence-corrected chi connectivity index (χ4v) is 5.09. The van der Waals surface area contributed by atoms with Crippen molar-refractivity contribution in [1.29, 1.82) is 0 Å². The minimum atomic E-state index is 0.663. The summed E-state index contributed by atoms with van der Waals surface area (Å²) in [7, 11) is 0. The van der Waals surface area contributed by atoms with Crippen LogP contribution >= 0.6 is 12.2 Å². The molecule has 1 aliphatic heterocycles. The van der Waals surface area contributed by atoms with Crippen LogP contribution < -0.4 is 10.2 Å². The standard InChI is InChI=1S/C19H27N3S/c23-19(20-18-13-16-6-7-17(18)12-16)22-10-8-21(9-11-22)14-15-4-2-1-3-5-15/h1-5,16-18H,6-14H2,(H,20,23)/p+1/t16-,17-,18+/m1/s1. The van der Waals surface area contributed by atoms with Gasteiger partial charge in [0.25, 0.3) is 0 Å². The first-order chi connectivity index (χ1) is 11.3. The van der Waals surface area contributed by atoms with Crippen molar-refractivity contribution in [2.75, 3.05) is 26.2 Å². The Morgan fingerprint density at radius 1 is 1.13 bits per heavy atom. The van der Waals surface area contributed by atoms with Crippen LogP contribution in [-0.2, 0) is 6.54 Å². The van der Waals surface area contributed by atoms with Crippen LogP contribution in [0.5, 0.6) is 0 Å². The predicted molar refractivity (Wildman–Crippen MR) is 97.4 cm³/mol. The molecule has 3 atom stereocenters. The molecular weight excluding hydrogens is 302 g/mol. The summed E-state index contributed by atoms with van der Waals surface area (Å²) in [6.07, 6.45) is 5.66. The molecule has 1 heterocycles. The number of benzene rings is 1. The van der Waals surface area contributed by atoms with Crippen LogP contribution in [-0.4, -0.2) is 42.2 Å². The lowest BCUT2D eigenvalue weighted by atomic mass is 9.95. The highest BCUT2D eigenvalue weighted by atomic mass is 32.1. The van der Waals surface area contributed by atoms with E-state index < -0.39 is 0 Å². The van der Waals surface area contributed by atoms with Crippen LogP contribution in [0.1, 0.15) is 31.2 Å². The van der Waals surface area contributed by atoms with E-state index in [0.717, 1.165) is 36.6 Å². The first kappa shape index (κ1) is 15.4. The zero-order valence-electron chi connectivity index (χ0n) is 13.8. The Labute approximate surface area is 145 Å². The number of nitrogens with zero attached hydrogens (tertiary/aromatic N) is 1. The van der Waals surface area contributed by atoms with E-state index in [9.17, 15) is 0 Å². The van der Waals surface area contributed by atoms with Crippen LogP contribution in [0.2, 0.25) is 0 Å². The van der Waals surface area contributed by atoms with Crippen molar-refractivity contribution in [1.82, 2.24) is 10.2 Å². The number of hydrogen-bond acceptors (Lipinski definition) is 1. The van der Waals surface area contributed by atoms with Gasteiger partial charge in [0, 0.05) is 11.6 Å². The second kappa shape index (κ2) is 6.78. The number of nitrogens with one attached hydrogen (secondary N) is 2. The van der Waals surface area contributed by atoms with Crippen LogP contribution in [0.3, 0.4) is 0 Å². The molecule has 23 heavy (non-hydrogen) atoms. The Morgan fingerprint density at radius 3 is 2.57 bits per heavy atom. The quantitative estimate of drug-likeness (QED) is 0.819. The molecule has 3 nitrogen and oxygen atoms in total. The number of fused-ring (bicyclic) bond motifs is 2. The molecule has 2 N–H and O–H groups in total. The summed E-state index contributed by atoms with van der Waals surface area (Å²) < 4.78 is 0. The molecule has 0 unspecified atom stereocenters. The summed E-state index contributed by atoms with van der Waals surface area (Å²) in [6.45, 7) is 5.70. The van der Waals surface area contributed by atoms with E-state index in [2.05, 4.69) is 40.5 Å². The van der Waals surface area contributed by atoms with Gasteiger partial charge in [-0.05, 0) is 43.3 Å². The van der Waals surface area contributed by atoms with E-state index in [4.69, 9.17) is 12.2 Å². The van der Waals surface area contributed by atoms with Gasteiger partial charge in [-0.25, -0.2) is 0 Å². The van der Waals surface area contributed by atoms with Gasteiger partial charge in [0.2, 0.25) is 0 Å². The molecule has 2 saturated carbocycles. The minimum Gasteiger partial charge on any atom is -0.360 e. The third-order valence-corrected chi connectivity index (χ3v) is 6.48. The molecule has 4 rings (SSSR count). The Kier molecular flexibility index (Phi) is 4.54. The molecule has 2 aliphatic carbocycles. The van der Waals surface area contributed by atoms with E-state index in [-0.39, 0.29) is 0 Å². The summed E-state index contributed by atoms with van der Waals surface area (Å²) in [5, 5.41) is 4.71.